The van der Waals surface area contributed by atoms with Gasteiger partial charge in [0, 0.05) is 30.8 Å². The Bertz CT molecular complexity index is 600. The number of aromatic hydroxyl groups is 1. The van der Waals surface area contributed by atoms with Gasteiger partial charge in [0.25, 0.3) is 5.91 Å². The van der Waals surface area contributed by atoms with Crippen LogP contribution in [0.1, 0.15) is 30.9 Å². The Kier molecular flexibility index (Phi) is 6.71. The summed E-state index contributed by atoms with van der Waals surface area (Å²) < 4.78 is 0. The highest BCUT2D eigenvalue weighted by atomic mass is 35.5. The van der Waals surface area contributed by atoms with Crippen LogP contribution in [0.4, 0.5) is 0 Å². The zero-order chi connectivity index (χ0) is 17.9. The van der Waals surface area contributed by atoms with Crippen molar-refractivity contribution < 1.29 is 20.1 Å². The number of carbonyl (C=O) groups is 1. The average molecular weight is 377 g/mol. The van der Waals surface area contributed by atoms with E-state index in [1.165, 1.54) is 6.07 Å². The van der Waals surface area contributed by atoms with Crippen molar-refractivity contribution >= 4 is 29.1 Å². The molecule has 24 heavy (non-hydrogen) atoms. The minimum absolute atomic E-state index is 0.00443. The Morgan fingerprint density at radius 2 is 1.96 bits per heavy atom. The number of nitrogens with two attached hydrogens (primary N) is 1. The van der Waals surface area contributed by atoms with E-state index in [0.717, 1.165) is 12.8 Å². The summed E-state index contributed by atoms with van der Waals surface area (Å²) in [5.74, 6) is -0.411. The van der Waals surface area contributed by atoms with Crippen molar-refractivity contribution in [2.75, 3.05) is 19.7 Å². The molecule has 1 unspecified atom stereocenters. The number of aliphatic hydroxyl groups excluding tert-OH is 2. The van der Waals surface area contributed by atoms with E-state index in [4.69, 9.17) is 34.0 Å². The normalized spacial score (nSPS) is 21.2. The fraction of sp³-hybridized carbons (Fsp3) is 0.562. The van der Waals surface area contributed by atoms with Gasteiger partial charge in [-0.1, -0.05) is 23.2 Å². The summed E-state index contributed by atoms with van der Waals surface area (Å²) in [4.78, 5) is 13.5. The summed E-state index contributed by atoms with van der Waals surface area (Å²) in [6, 6.07) is 2.52. The van der Waals surface area contributed by atoms with Gasteiger partial charge in [0.1, 0.15) is 5.75 Å². The minimum Gasteiger partial charge on any atom is -0.508 e. The van der Waals surface area contributed by atoms with Crippen molar-refractivity contribution in [2.45, 2.75) is 31.4 Å². The van der Waals surface area contributed by atoms with Gasteiger partial charge in [0.05, 0.1) is 16.7 Å². The maximum Gasteiger partial charge on any atom is 0.253 e. The highest BCUT2D eigenvalue weighted by molar-refractivity contribution is 6.42. The third-order valence-corrected chi connectivity index (χ3v) is 5.20. The number of benzene rings is 1. The molecule has 1 aromatic carbocycles. The Morgan fingerprint density at radius 1 is 1.29 bits per heavy atom. The summed E-state index contributed by atoms with van der Waals surface area (Å²) in [6.45, 7) is 0.359. The van der Waals surface area contributed by atoms with Gasteiger partial charge in [0.2, 0.25) is 0 Å². The quantitative estimate of drug-likeness (QED) is 0.639. The molecule has 0 bridgehead atoms. The molecule has 1 fully saturated rings. The van der Waals surface area contributed by atoms with E-state index in [1.807, 2.05) is 0 Å². The maximum absolute atomic E-state index is 12.0. The number of rotatable bonds is 4. The molecule has 2 rings (SSSR count). The predicted molar refractivity (Wildman–Crippen MR) is 92.1 cm³/mol. The van der Waals surface area contributed by atoms with E-state index in [0.29, 0.717) is 30.1 Å². The van der Waals surface area contributed by atoms with E-state index < -0.39 is 24.7 Å². The standard InChI is InChI=1S/C16H22Cl2N2O4/c17-11-6-10(13(22)7-12(11)18)15(19)9-2-1-4-20(5-3-9)16(24)14(23)8-21/h6-7,9,14-15,21-23H,1-5,8,19H2/t9?,14-,15-/m1/s1. The average Bonchev–Trinajstić information content (AvgIpc) is 2.82. The van der Waals surface area contributed by atoms with Crippen molar-refractivity contribution in [3.8, 4) is 5.75 Å². The van der Waals surface area contributed by atoms with Gasteiger partial charge in [-0.3, -0.25) is 4.79 Å². The summed E-state index contributed by atoms with van der Waals surface area (Å²) in [7, 11) is 0. The van der Waals surface area contributed by atoms with Crippen LogP contribution in [0.15, 0.2) is 12.1 Å². The third-order valence-electron chi connectivity index (χ3n) is 4.48. The number of aliphatic hydroxyl groups is 2. The zero-order valence-electron chi connectivity index (χ0n) is 13.2. The lowest BCUT2D eigenvalue weighted by molar-refractivity contribution is -0.142. The van der Waals surface area contributed by atoms with Gasteiger partial charge in [-0.05, 0) is 31.2 Å². The molecule has 1 heterocycles. The number of phenols is 1. The van der Waals surface area contributed by atoms with Gasteiger partial charge in [-0.25, -0.2) is 0 Å². The van der Waals surface area contributed by atoms with Crippen LogP contribution < -0.4 is 5.73 Å². The number of nitrogens with zero attached hydrogens (tertiary/aromatic N) is 1. The smallest absolute Gasteiger partial charge is 0.253 e. The predicted octanol–water partition coefficient (Wildman–Crippen LogP) is 1.68. The number of likely N-dealkylation sites (tertiary alicyclic amines) is 1. The fourth-order valence-corrected chi connectivity index (χ4v) is 3.39. The SMILES string of the molecule is N[C@@H](c1cc(Cl)c(Cl)cc1O)C1CCCN(C(=O)[C@H](O)CO)CC1. The van der Waals surface area contributed by atoms with Crippen LogP contribution in [0.2, 0.25) is 10.0 Å². The molecule has 134 valence electrons. The lowest BCUT2D eigenvalue weighted by Gasteiger charge is -2.25. The largest absolute Gasteiger partial charge is 0.508 e. The first-order valence-corrected chi connectivity index (χ1v) is 8.62. The van der Waals surface area contributed by atoms with Crippen molar-refractivity contribution in [2.24, 2.45) is 11.7 Å². The molecule has 0 radical (unpaired) electrons. The van der Waals surface area contributed by atoms with E-state index in [9.17, 15) is 15.0 Å². The highest BCUT2D eigenvalue weighted by Gasteiger charge is 2.29. The van der Waals surface area contributed by atoms with Crippen LogP contribution in [-0.4, -0.2) is 51.9 Å². The molecule has 0 aromatic heterocycles. The first kappa shape index (κ1) is 19.3. The van der Waals surface area contributed by atoms with Gasteiger partial charge in [-0.2, -0.15) is 0 Å². The summed E-state index contributed by atoms with van der Waals surface area (Å²) >= 11 is 11.9. The van der Waals surface area contributed by atoms with Gasteiger partial charge in [0.15, 0.2) is 6.10 Å². The van der Waals surface area contributed by atoms with Crippen LogP contribution in [0.3, 0.4) is 0 Å². The third kappa shape index (κ3) is 4.32. The molecule has 0 aliphatic carbocycles. The second kappa shape index (κ2) is 8.36. The molecule has 0 spiro atoms. The Hall–Kier alpha value is -1.05. The van der Waals surface area contributed by atoms with Crippen molar-refractivity contribution in [1.29, 1.82) is 0 Å². The fourth-order valence-electron chi connectivity index (χ4n) is 3.06. The van der Waals surface area contributed by atoms with E-state index in [2.05, 4.69) is 0 Å². The first-order valence-electron chi connectivity index (χ1n) is 7.86. The number of halogens is 2. The number of hydrogen-bond donors (Lipinski definition) is 4. The summed E-state index contributed by atoms with van der Waals surface area (Å²) in [5, 5.41) is 29.1. The van der Waals surface area contributed by atoms with Crippen LogP contribution in [0, 0.1) is 5.92 Å². The summed E-state index contributed by atoms with van der Waals surface area (Å²) in [5.41, 5.74) is 6.84. The van der Waals surface area contributed by atoms with Crippen molar-refractivity contribution in [3.63, 3.8) is 0 Å². The maximum atomic E-state index is 12.0. The molecule has 1 saturated heterocycles. The molecule has 8 heteroatoms. The van der Waals surface area contributed by atoms with Crippen LogP contribution in [0.25, 0.3) is 0 Å². The monoisotopic (exact) mass is 376 g/mol. The molecule has 1 aromatic rings. The number of amides is 1. The van der Waals surface area contributed by atoms with E-state index in [-0.39, 0.29) is 16.7 Å². The van der Waals surface area contributed by atoms with Gasteiger partial charge < -0.3 is 26.0 Å². The van der Waals surface area contributed by atoms with Crippen LogP contribution >= 0.6 is 23.2 Å². The number of phenolic OH excluding ortho intramolecular Hbond substituents is 1. The molecule has 5 N–H and O–H groups in total. The zero-order valence-corrected chi connectivity index (χ0v) is 14.7. The number of carbonyl (C=O) groups excluding carboxylic acids is 1. The first-order chi connectivity index (χ1) is 11.3. The Balaban J connectivity index is 2.08. The van der Waals surface area contributed by atoms with Crippen LogP contribution in [-0.2, 0) is 4.79 Å². The van der Waals surface area contributed by atoms with Gasteiger partial charge in [-0.15, -0.1) is 0 Å². The molecule has 6 nitrogen and oxygen atoms in total. The molecular formula is C16H22Cl2N2O4. The highest BCUT2D eigenvalue weighted by Crippen LogP contribution is 2.37. The second-order valence-corrected chi connectivity index (χ2v) is 6.88. The van der Waals surface area contributed by atoms with Crippen molar-refractivity contribution in [3.05, 3.63) is 27.7 Å². The topological polar surface area (TPSA) is 107 Å². The molecule has 1 aliphatic heterocycles. The lowest BCUT2D eigenvalue weighted by atomic mass is 9.87. The number of hydrogen-bond acceptors (Lipinski definition) is 5. The minimum atomic E-state index is -1.38. The Labute approximate surface area is 150 Å². The second-order valence-electron chi connectivity index (χ2n) is 6.07. The summed E-state index contributed by atoms with van der Waals surface area (Å²) in [6.07, 6.45) is 0.754. The van der Waals surface area contributed by atoms with E-state index in [1.54, 1.807) is 11.0 Å². The molecule has 1 aliphatic rings. The molecule has 3 atom stereocenters. The lowest BCUT2D eigenvalue weighted by Crippen LogP contribution is -2.41. The van der Waals surface area contributed by atoms with Crippen molar-refractivity contribution in [1.82, 2.24) is 4.90 Å². The Morgan fingerprint density at radius 3 is 2.62 bits per heavy atom. The molecule has 0 saturated carbocycles. The van der Waals surface area contributed by atoms with E-state index >= 15 is 0 Å². The molecular weight excluding hydrogens is 355 g/mol. The van der Waals surface area contributed by atoms with Crippen LogP contribution in [0.5, 0.6) is 5.75 Å². The molecule has 1 amide bonds. The van der Waals surface area contributed by atoms with Gasteiger partial charge >= 0.3 is 0 Å².